The van der Waals surface area contributed by atoms with Crippen molar-refractivity contribution in [3.63, 3.8) is 0 Å². The van der Waals surface area contributed by atoms with Crippen molar-refractivity contribution in [2.45, 2.75) is 6.04 Å². The summed E-state index contributed by atoms with van der Waals surface area (Å²) in [6.07, 6.45) is -0.349. The van der Waals surface area contributed by atoms with Crippen LogP contribution in [-0.4, -0.2) is 19.8 Å². The molecule has 1 aliphatic heterocycles. The summed E-state index contributed by atoms with van der Waals surface area (Å²) in [6, 6.07) is 21.6. The van der Waals surface area contributed by atoms with E-state index in [0.717, 1.165) is 22.0 Å². The molecule has 1 atom stereocenters. The Morgan fingerprint density at radius 3 is 2.54 bits per heavy atom. The van der Waals surface area contributed by atoms with Gasteiger partial charge < -0.3 is 9.47 Å². The first-order valence-electron chi connectivity index (χ1n) is 7.86. The summed E-state index contributed by atoms with van der Waals surface area (Å²) in [7, 11) is 1.62. The Morgan fingerprint density at radius 1 is 1.00 bits per heavy atom. The van der Waals surface area contributed by atoms with Crippen molar-refractivity contribution in [3.05, 3.63) is 72.3 Å². The van der Waals surface area contributed by atoms with Crippen LogP contribution < -0.4 is 9.64 Å². The Kier molecular flexibility index (Phi) is 3.58. The van der Waals surface area contributed by atoms with E-state index < -0.39 is 0 Å². The van der Waals surface area contributed by atoms with E-state index in [9.17, 15) is 4.79 Å². The van der Waals surface area contributed by atoms with E-state index in [1.54, 1.807) is 12.0 Å². The number of benzene rings is 3. The first-order valence-corrected chi connectivity index (χ1v) is 7.86. The van der Waals surface area contributed by atoms with Crippen molar-refractivity contribution in [1.29, 1.82) is 0 Å². The molecule has 3 aromatic rings. The molecule has 3 aromatic carbocycles. The van der Waals surface area contributed by atoms with Gasteiger partial charge in [-0.3, -0.25) is 4.90 Å². The van der Waals surface area contributed by atoms with Gasteiger partial charge in [0.05, 0.1) is 18.8 Å². The number of anilines is 1. The summed E-state index contributed by atoms with van der Waals surface area (Å²) < 4.78 is 10.9. The molecular weight excluding hydrogens is 302 g/mol. The third-order valence-electron chi connectivity index (χ3n) is 4.38. The number of hydrogen-bond donors (Lipinski definition) is 0. The molecule has 0 spiro atoms. The highest BCUT2D eigenvalue weighted by Gasteiger charge is 2.37. The van der Waals surface area contributed by atoms with E-state index in [-0.39, 0.29) is 12.1 Å². The summed E-state index contributed by atoms with van der Waals surface area (Å²) in [4.78, 5) is 14.2. The van der Waals surface area contributed by atoms with E-state index in [1.165, 1.54) is 0 Å². The predicted molar refractivity (Wildman–Crippen MR) is 93.5 cm³/mol. The predicted octanol–water partition coefficient (Wildman–Crippen LogP) is 4.55. The molecule has 1 fully saturated rings. The molecular formula is C20H17NO3. The lowest BCUT2D eigenvalue weighted by Gasteiger charge is -2.25. The van der Waals surface area contributed by atoms with E-state index in [2.05, 4.69) is 0 Å². The normalized spacial score (nSPS) is 17.1. The van der Waals surface area contributed by atoms with Gasteiger partial charge in [0.2, 0.25) is 0 Å². The second-order valence-electron chi connectivity index (χ2n) is 5.71. The highest BCUT2D eigenvalue weighted by Crippen LogP contribution is 2.42. The number of rotatable bonds is 3. The van der Waals surface area contributed by atoms with Crippen molar-refractivity contribution in [1.82, 2.24) is 0 Å². The Balaban J connectivity index is 1.93. The van der Waals surface area contributed by atoms with Gasteiger partial charge in [-0.15, -0.1) is 0 Å². The molecule has 0 saturated carbocycles. The lowest BCUT2D eigenvalue weighted by atomic mass is 10.0. The zero-order chi connectivity index (χ0) is 16.5. The number of carbonyl (C=O) groups excluding carboxylic acids is 1. The Morgan fingerprint density at radius 2 is 1.75 bits per heavy atom. The van der Waals surface area contributed by atoms with Crippen LogP contribution in [0.1, 0.15) is 11.6 Å². The molecule has 4 heteroatoms. The summed E-state index contributed by atoms with van der Waals surface area (Å²) >= 11 is 0. The van der Waals surface area contributed by atoms with Crippen LogP contribution in [0.5, 0.6) is 5.75 Å². The van der Waals surface area contributed by atoms with Gasteiger partial charge in [0, 0.05) is 5.39 Å². The van der Waals surface area contributed by atoms with E-state index in [4.69, 9.17) is 9.47 Å². The van der Waals surface area contributed by atoms with Crippen LogP contribution in [0.15, 0.2) is 66.7 Å². The van der Waals surface area contributed by atoms with Crippen molar-refractivity contribution in [3.8, 4) is 5.75 Å². The topological polar surface area (TPSA) is 38.8 Å². The number of methoxy groups -OCH3 is 1. The molecule has 120 valence electrons. The quantitative estimate of drug-likeness (QED) is 0.711. The van der Waals surface area contributed by atoms with Crippen molar-refractivity contribution in [2.75, 3.05) is 18.6 Å². The Hall–Kier alpha value is -3.01. The molecule has 1 aliphatic rings. The standard InChI is InChI=1S/C20H17NO3/c1-23-18-12-11-14-7-5-6-10-16(14)19(18)21-17(13-24-20(21)22)15-8-3-2-4-9-15/h2-12,17H,13H2,1H3/t17-/m0/s1. The van der Waals surface area contributed by atoms with E-state index in [0.29, 0.717) is 12.4 Å². The van der Waals surface area contributed by atoms with Crippen molar-refractivity contribution >= 4 is 22.6 Å². The minimum absolute atomic E-state index is 0.168. The van der Waals surface area contributed by atoms with Crippen LogP contribution in [0.3, 0.4) is 0 Å². The SMILES string of the molecule is COc1ccc2ccccc2c1N1C(=O)OC[C@H]1c1ccccc1. The fourth-order valence-corrected chi connectivity index (χ4v) is 3.24. The Labute approximate surface area is 140 Å². The number of ether oxygens (including phenoxy) is 2. The number of nitrogens with zero attached hydrogens (tertiary/aromatic N) is 1. The molecule has 4 nitrogen and oxygen atoms in total. The maximum atomic E-state index is 12.5. The van der Waals surface area contributed by atoms with Crippen LogP contribution in [0, 0.1) is 0 Å². The van der Waals surface area contributed by atoms with E-state index >= 15 is 0 Å². The number of fused-ring (bicyclic) bond motifs is 1. The molecule has 24 heavy (non-hydrogen) atoms. The maximum Gasteiger partial charge on any atom is 0.415 e. The van der Waals surface area contributed by atoms with Crippen molar-refractivity contribution < 1.29 is 14.3 Å². The fourth-order valence-electron chi connectivity index (χ4n) is 3.24. The average molecular weight is 319 g/mol. The molecule has 1 amide bonds. The van der Waals surface area contributed by atoms with Crippen molar-refractivity contribution in [2.24, 2.45) is 0 Å². The molecule has 0 aromatic heterocycles. The molecule has 0 aliphatic carbocycles. The number of hydrogen-bond acceptors (Lipinski definition) is 3. The van der Waals surface area contributed by atoms with Crippen LogP contribution in [0.4, 0.5) is 10.5 Å². The molecule has 1 heterocycles. The number of carbonyl (C=O) groups is 1. The summed E-state index contributed by atoms with van der Waals surface area (Å²) in [5.74, 6) is 0.661. The highest BCUT2D eigenvalue weighted by atomic mass is 16.6. The molecule has 0 radical (unpaired) electrons. The Bertz CT molecular complexity index is 892. The zero-order valence-electron chi connectivity index (χ0n) is 13.3. The minimum atomic E-state index is -0.349. The number of cyclic esters (lactones) is 1. The highest BCUT2D eigenvalue weighted by molar-refractivity contribution is 6.05. The lowest BCUT2D eigenvalue weighted by Crippen LogP contribution is -2.27. The number of amides is 1. The van der Waals surface area contributed by atoms with Gasteiger partial charge in [-0.25, -0.2) is 4.79 Å². The summed E-state index contributed by atoms with van der Waals surface area (Å²) in [5, 5.41) is 2.02. The monoisotopic (exact) mass is 319 g/mol. The molecule has 1 saturated heterocycles. The first-order chi connectivity index (χ1) is 11.8. The largest absolute Gasteiger partial charge is 0.495 e. The zero-order valence-corrected chi connectivity index (χ0v) is 13.3. The second kappa shape index (κ2) is 5.89. The van der Waals surface area contributed by atoms with Gasteiger partial charge in [-0.1, -0.05) is 60.7 Å². The fraction of sp³-hybridized carbons (Fsp3) is 0.150. The van der Waals surface area contributed by atoms with Gasteiger partial charge in [-0.05, 0) is 17.0 Å². The van der Waals surface area contributed by atoms with Gasteiger partial charge in [0.1, 0.15) is 12.4 Å². The van der Waals surface area contributed by atoms with Crippen LogP contribution >= 0.6 is 0 Å². The van der Waals surface area contributed by atoms with Gasteiger partial charge in [-0.2, -0.15) is 0 Å². The maximum absolute atomic E-state index is 12.5. The van der Waals surface area contributed by atoms with Crippen LogP contribution in [-0.2, 0) is 4.74 Å². The molecule has 4 rings (SSSR count). The van der Waals surface area contributed by atoms with Crippen LogP contribution in [0.25, 0.3) is 10.8 Å². The molecule has 0 N–H and O–H groups in total. The van der Waals surface area contributed by atoms with Crippen LogP contribution in [0.2, 0.25) is 0 Å². The summed E-state index contributed by atoms with van der Waals surface area (Å²) in [6.45, 7) is 0.329. The molecule has 0 unspecified atom stereocenters. The third kappa shape index (κ3) is 2.27. The average Bonchev–Trinajstić information content (AvgIpc) is 3.02. The third-order valence-corrected chi connectivity index (χ3v) is 4.38. The second-order valence-corrected chi connectivity index (χ2v) is 5.71. The van der Waals surface area contributed by atoms with E-state index in [1.807, 2.05) is 66.7 Å². The summed E-state index contributed by atoms with van der Waals surface area (Å²) in [5.41, 5.74) is 1.80. The molecule has 0 bridgehead atoms. The van der Waals surface area contributed by atoms with Gasteiger partial charge in [0.25, 0.3) is 0 Å². The minimum Gasteiger partial charge on any atom is -0.495 e. The van der Waals surface area contributed by atoms with Gasteiger partial charge in [0.15, 0.2) is 0 Å². The lowest BCUT2D eigenvalue weighted by molar-refractivity contribution is 0.179. The smallest absolute Gasteiger partial charge is 0.415 e. The van der Waals surface area contributed by atoms with Gasteiger partial charge >= 0.3 is 6.09 Å². The first kappa shape index (κ1) is 14.6.